The number of likely N-dealkylation sites (N-methyl/N-ethyl adjacent to an activating group) is 1. The molecule has 0 aliphatic rings. The number of methoxy groups -OCH3 is 1. The summed E-state index contributed by atoms with van der Waals surface area (Å²) in [6.07, 6.45) is 0. The van der Waals surface area contributed by atoms with E-state index in [4.69, 9.17) is 9.47 Å². The van der Waals surface area contributed by atoms with Crippen LogP contribution in [0.5, 0.6) is 5.75 Å². The first-order valence-electron chi connectivity index (χ1n) is 8.23. The zero-order valence-corrected chi connectivity index (χ0v) is 18.6. The molecular weight excluding hydrogens is 431 g/mol. The quantitative estimate of drug-likeness (QED) is 0.334. The Morgan fingerprint density at radius 1 is 1.20 bits per heavy atom. The highest BCUT2D eigenvalue weighted by Gasteiger charge is 2.16. The SMILES string of the molecule is CN=C(NCc1ccccc1OCCN(C)C)NCC(C)(C)OC.I. The van der Waals surface area contributed by atoms with Gasteiger partial charge in [-0.15, -0.1) is 24.0 Å². The Hall–Kier alpha value is -1.06. The minimum absolute atomic E-state index is 0. The molecule has 1 aromatic rings. The first kappa shape index (κ1) is 23.9. The van der Waals surface area contributed by atoms with Crippen LogP contribution in [0.3, 0.4) is 0 Å². The summed E-state index contributed by atoms with van der Waals surface area (Å²) in [4.78, 5) is 6.35. The molecule has 0 saturated carbocycles. The molecule has 1 aromatic carbocycles. The molecule has 0 aliphatic carbocycles. The number of benzene rings is 1. The molecule has 0 amide bonds. The average Bonchev–Trinajstić information content (AvgIpc) is 2.56. The Morgan fingerprint density at radius 3 is 2.48 bits per heavy atom. The van der Waals surface area contributed by atoms with Crippen molar-refractivity contribution in [3.8, 4) is 5.75 Å². The zero-order valence-electron chi connectivity index (χ0n) is 16.3. The second kappa shape index (κ2) is 12.3. The van der Waals surface area contributed by atoms with Crippen LogP contribution in [0.25, 0.3) is 0 Å². The maximum atomic E-state index is 5.88. The molecule has 6 nitrogen and oxygen atoms in total. The summed E-state index contributed by atoms with van der Waals surface area (Å²) in [5.41, 5.74) is 0.857. The Balaban J connectivity index is 0.00000576. The van der Waals surface area contributed by atoms with Gasteiger partial charge in [-0.2, -0.15) is 0 Å². The maximum Gasteiger partial charge on any atom is 0.191 e. The zero-order chi connectivity index (χ0) is 18.0. The number of guanidine groups is 1. The third kappa shape index (κ3) is 9.86. The van der Waals surface area contributed by atoms with Crippen molar-refractivity contribution in [1.82, 2.24) is 15.5 Å². The van der Waals surface area contributed by atoms with Crippen molar-refractivity contribution in [2.24, 2.45) is 4.99 Å². The molecule has 0 aromatic heterocycles. The van der Waals surface area contributed by atoms with E-state index in [1.165, 1.54) is 0 Å². The Morgan fingerprint density at radius 2 is 1.88 bits per heavy atom. The van der Waals surface area contributed by atoms with E-state index >= 15 is 0 Å². The van der Waals surface area contributed by atoms with Crippen LogP contribution in [0.4, 0.5) is 0 Å². The molecule has 0 unspecified atom stereocenters. The molecule has 0 radical (unpaired) electrons. The Bertz CT molecular complexity index is 522. The van der Waals surface area contributed by atoms with Crippen molar-refractivity contribution >= 4 is 29.9 Å². The fourth-order valence-corrected chi connectivity index (χ4v) is 1.90. The molecule has 25 heavy (non-hydrogen) atoms. The lowest BCUT2D eigenvalue weighted by Crippen LogP contribution is -2.45. The van der Waals surface area contributed by atoms with E-state index in [9.17, 15) is 0 Å². The second-order valence-electron chi connectivity index (χ2n) is 6.50. The molecule has 0 bridgehead atoms. The lowest BCUT2D eigenvalue weighted by atomic mass is 10.1. The first-order valence-corrected chi connectivity index (χ1v) is 8.23. The van der Waals surface area contributed by atoms with Gasteiger partial charge in [-0.25, -0.2) is 0 Å². The molecule has 0 saturated heterocycles. The summed E-state index contributed by atoms with van der Waals surface area (Å²) in [6, 6.07) is 8.06. The summed E-state index contributed by atoms with van der Waals surface area (Å²) in [5.74, 6) is 1.64. The summed E-state index contributed by atoms with van der Waals surface area (Å²) >= 11 is 0. The van der Waals surface area contributed by atoms with E-state index in [2.05, 4.69) is 26.6 Å². The van der Waals surface area contributed by atoms with Gasteiger partial charge in [0.1, 0.15) is 12.4 Å². The lowest BCUT2D eigenvalue weighted by Gasteiger charge is -2.24. The van der Waals surface area contributed by atoms with Crippen molar-refractivity contribution in [2.45, 2.75) is 26.0 Å². The van der Waals surface area contributed by atoms with Gasteiger partial charge >= 0.3 is 0 Å². The van der Waals surface area contributed by atoms with Gasteiger partial charge < -0.3 is 25.0 Å². The predicted octanol–water partition coefficient (Wildman–Crippen LogP) is 2.34. The van der Waals surface area contributed by atoms with Gasteiger partial charge in [0.2, 0.25) is 0 Å². The van der Waals surface area contributed by atoms with Gasteiger partial charge in [-0.1, -0.05) is 18.2 Å². The Labute approximate surface area is 169 Å². The van der Waals surface area contributed by atoms with Crippen molar-refractivity contribution < 1.29 is 9.47 Å². The summed E-state index contributed by atoms with van der Waals surface area (Å²) in [7, 11) is 7.54. The van der Waals surface area contributed by atoms with Gasteiger partial charge in [0.15, 0.2) is 5.96 Å². The third-order valence-corrected chi connectivity index (χ3v) is 3.67. The van der Waals surface area contributed by atoms with E-state index in [1.54, 1.807) is 14.2 Å². The number of nitrogens with one attached hydrogen (secondary N) is 2. The van der Waals surface area contributed by atoms with Gasteiger partial charge in [0.25, 0.3) is 0 Å². The number of halogens is 1. The summed E-state index contributed by atoms with van der Waals surface area (Å²) in [5, 5.41) is 6.59. The molecule has 1 rings (SSSR count). The predicted molar refractivity (Wildman–Crippen MR) is 115 cm³/mol. The fourth-order valence-electron chi connectivity index (χ4n) is 1.90. The molecule has 0 spiro atoms. The fraction of sp³-hybridized carbons (Fsp3) is 0.611. The van der Waals surface area contributed by atoms with Crippen LogP contribution in [-0.2, 0) is 11.3 Å². The molecule has 0 heterocycles. The van der Waals surface area contributed by atoms with Crippen molar-refractivity contribution in [3.05, 3.63) is 29.8 Å². The van der Waals surface area contributed by atoms with E-state index in [0.29, 0.717) is 19.7 Å². The van der Waals surface area contributed by atoms with Crippen LogP contribution in [0.15, 0.2) is 29.3 Å². The smallest absolute Gasteiger partial charge is 0.191 e. The monoisotopic (exact) mass is 464 g/mol. The number of aliphatic imine (C=N–C) groups is 1. The van der Waals surface area contributed by atoms with Crippen LogP contribution in [0.2, 0.25) is 0 Å². The van der Waals surface area contributed by atoms with Crippen LogP contribution >= 0.6 is 24.0 Å². The van der Waals surface area contributed by atoms with Crippen LogP contribution < -0.4 is 15.4 Å². The highest BCUT2D eigenvalue weighted by molar-refractivity contribution is 14.0. The van der Waals surface area contributed by atoms with Gasteiger partial charge in [0.05, 0.1) is 5.60 Å². The topological polar surface area (TPSA) is 58.1 Å². The van der Waals surface area contributed by atoms with Gasteiger partial charge in [-0.05, 0) is 34.0 Å². The average molecular weight is 464 g/mol. The standard InChI is InChI=1S/C18H32N4O2.HI/c1-18(2,23-6)14-21-17(19-3)20-13-15-9-7-8-10-16(15)24-12-11-22(4)5;/h7-10H,11-14H2,1-6H3,(H2,19,20,21);1H. The van der Waals surface area contributed by atoms with Crippen LogP contribution in [0.1, 0.15) is 19.4 Å². The maximum absolute atomic E-state index is 5.88. The third-order valence-electron chi connectivity index (χ3n) is 3.67. The molecule has 144 valence electrons. The van der Waals surface area contributed by atoms with E-state index < -0.39 is 0 Å². The normalized spacial score (nSPS) is 11.9. The van der Waals surface area contributed by atoms with Crippen molar-refractivity contribution in [2.75, 3.05) is 47.9 Å². The second-order valence-corrected chi connectivity index (χ2v) is 6.50. The molecular formula is C18H33IN4O2. The summed E-state index contributed by atoms with van der Waals surface area (Å²) < 4.78 is 11.3. The lowest BCUT2D eigenvalue weighted by molar-refractivity contribution is 0.0268. The van der Waals surface area contributed by atoms with Gasteiger partial charge in [-0.3, -0.25) is 4.99 Å². The largest absolute Gasteiger partial charge is 0.492 e. The number of rotatable bonds is 9. The molecule has 0 aliphatic heterocycles. The van der Waals surface area contributed by atoms with Crippen LogP contribution in [-0.4, -0.2) is 64.4 Å². The number of para-hydroxylation sites is 1. The molecule has 2 N–H and O–H groups in total. The molecule has 0 atom stereocenters. The van der Waals surface area contributed by atoms with E-state index in [-0.39, 0.29) is 29.6 Å². The number of hydrogen-bond donors (Lipinski definition) is 2. The highest BCUT2D eigenvalue weighted by atomic mass is 127. The molecule has 7 heteroatoms. The van der Waals surface area contributed by atoms with Crippen molar-refractivity contribution in [3.63, 3.8) is 0 Å². The van der Waals surface area contributed by atoms with Gasteiger partial charge in [0, 0.05) is 39.4 Å². The minimum Gasteiger partial charge on any atom is -0.492 e. The summed E-state index contributed by atoms with van der Waals surface area (Å²) in [6.45, 7) is 6.92. The first-order chi connectivity index (χ1) is 11.4. The van der Waals surface area contributed by atoms with Crippen LogP contribution in [0, 0.1) is 0 Å². The van der Waals surface area contributed by atoms with E-state index in [1.807, 2.05) is 46.1 Å². The van der Waals surface area contributed by atoms with Crippen molar-refractivity contribution in [1.29, 1.82) is 0 Å². The minimum atomic E-state index is -0.245. The molecule has 0 fully saturated rings. The van der Waals surface area contributed by atoms with E-state index in [0.717, 1.165) is 23.8 Å². The number of ether oxygens (including phenoxy) is 2. The Kier molecular flexibility index (Phi) is 11.8. The number of nitrogens with zero attached hydrogens (tertiary/aromatic N) is 2. The highest BCUT2D eigenvalue weighted by Crippen LogP contribution is 2.17. The number of hydrogen-bond acceptors (Lipinski definition) is 4.